The molecule has 2 aromatic rings. The zero-order chi connectivity index (χ0) is 25.4. The molecule has 8 nitrogen and oxygen atoms in total. The Morgan fingerprint density at radius 3 is 2.69 bits per heavy atom. The van der Waals surface area contributed by atoms with Crippen molar-refractivity contribution in [2.45, 2.75) is 56.4 Å². The summed E-state index contributed by atoms with van der Waals surface area (Å²) in [6, 6.07) is 5.01. The molecule has 0 radical (unpaired) electrons. The summed E-state index contributed by atoms with van der Waals surface area (Å²) in [7, 11) is -2.86. The van der Waals surface area contributed by atoms with Crippen molar-refractivity contribution in [3.05, 3.63) is 53.4 Å². The van der Waals surface area contributed by atoms with Gasteiger partial charge in [-0.25, -0.2) is 17.9 Å². The van der Waals surface area contributed by atoms with Crippen molar-refractivity contribution in [2.75, 3.05) is 12.3 Å². The summed E-state index contributed by atoms with van der Waals surface area (Å²) in [6.45, 7) is 0.853. The molecule has 12 heteroatoms. The molecule has 0 saturated heterocycles. The third-order valence-corrected chi connectivity index (χ3v) is 9.83. The number of hydrogen-bond donors (Lipinski definition) is 1. The lowest BCUT2D eigenvalue weighted by Gasteiger charge is -2.41. The maximum absolute atomic E-state index is 15.0. The summed E-state index contributed by atoms with van der Waals surface area (Å²) in [6.07, 6.45) is 3.00. The second-order valence-electron chi connectivity index (χ2n) is 9.09. The van der Waals surface area contributed by atoms with Crippen LogP contribution in [-0.2, 0) is 21.7 Å². The average molecular weight is 510 g/mol. The van der Waals surface area contributed by atoms with Crippen LogP contribution in [0.3, 0.4) is 0 Å². The summed E-state index contributed by atoms with van der Waals surface area (Å²) in [4.78, 5) is 25.5. The van der Waals surface area contributed by atoms with E-state index in [1.165, 1.54) is 24.3 Å². The van der Waals surface area contributed by atoms with Gasteiger partial charge in [0.2, 0.25) is 0 Å². The highest BCUT2D eigenvalue weighted by Gasteiger charge is 2.51. The molecule has 4 heterocycles. The maximum atomic E-state index is 15.0. The summed E-state index contributed by atoms with van der Waals surface area (Å²) in [5.74, 6) is -1.16. The topological polar surface area (TPSA) is 120 Å². The van der Waals surface area contributed by atoms with Crippen molar-refractivity contribution in [1.82, 2.24) is 9.97 Å². The number of hydrogen-bond acceptors (Lipinski definition) is 8. The first-order valence-electron chi connectivity index (χ1n) is 11.1. The molecular weight excluding hydrogens is 483 g/mol. The van der Waals surface area contributed by atoms with E-state index < -0.39 is 38.2 Å². The number of Topliss-reactive ketones (excluding diaryl/α,β-unsaturated/α-hetero) is 1. The fourth-order valence-electron chi connectivity index (χ4n) is 4.43. The number of amidine groups is 1. The van der Waals surface area contributed by atoms with Gasteiger partial charge in [0.25, 0.3) is 0 Å². The molecule has 3 atom stereocenters. The lowest BCUT2D eigenvalue weighted by Crippen LogP contribution is -2.56. The number of halogens is 3. The monoisotopic (exact) mass is 509 g/mol. The van der Waals surface area contributed by atoms with E-state index in [1.807, 2.05) is 0 Å². The number of aromatic nitrogens is 2. The van der Waals surface area contributed by atoms with Gasteiger partial charge in [-0.3, -0.25) is 14.8 Å². The average Bonchev–Trinajstić information content (AvgIpc) is 2.93. The quantitative estimate of drug-likeness (QED) is 0.594. The van der Waals surface area contributed by atoms with Crippen LogP contribution in [0.15, 0.2) is 39.8 Å². The van der Waals surface area contributed by atoms with Gasteiger partial charge in [-0.2, -0.15) is 8.78 Å². The number of fused-ring (bicyclic) bond motifs is 1. The minimum atomic E-state index is -3.00. The summed E-state index contributed by atoms with van der Waals surface area (Å²) in [5, 5.41) is 0. The number of carbonyl (C=O) groups is 1. The molecule has 188 valence electrons. The Balaban J connectivity index is 1.64. The Bertz CT molecular complexity index is 1290. The molecule has 0 fully saturated rings. The number of ketones is 1. The third kappa shape index (κ3) is 4.75. The van der Waals surface area contributed by atoms with Crippen LogP contribution in [0, 0.1) is 5.82 Å². The molecule has 0 amide bonds. The van der Waals surface area contributed by atoms with Gasteiger partial charge in [0, 0.05) is 12.2 Å². The van der Waals surface area contributed by atoms with Crippen LogP contribution < -0.4 is 10.5 Å². The number of carbonyl (C=O) groups excluding carboxylic acids is 1. The molecule has 0 aliphatic carbocycles. The standard InChI is InChI=1S/C23H26F3N5O3S/c1-22(13-35(33)23(2,20(27)31-22)9-3-4-10-29-35)19-16(24)7-5-14(30-19)11-18(32)17-8-6-15(12-28-17)34-21(25)26/h5-8,12,21H,3-4,9-11,13H2,1-2H3,(H2,27,31). The molecule has 0 saturated carbocycles. The molecule has 3 unspecified atom stereocenters. The number of rotatable bonds is 6. The molecule has 0 spiro atoms. The number of ether oxygens (including phenoxy) is 1. The number of nitrogens with zero attached hydrogens (tertiary/aromatic N) is 4. The van der Waals surface area contributed by atoms with Crippen molar-refractivity contribution in [2.24, 2.45) is 15.1 Å². The van der Waals surface area contributed by atoms with Gasteiger partial charge >= 0.3 is 6.61 Å². The second kappa shape index (κ2) is 9.21. The van der Waals surface area contributed by atoms with Crippen molar-refractivity contribution >= 4 is 21.3 Å². The Morgan fingerprint density at radius 2 is 2.00 bits per heavy atom. The van der Waals surface area contributed by atoms with Gasteiger partial charge in [0.05, 0.1) is 28.1 Å². The van der Waals surface area contributed by atoms with Crippen molar-refractivity contribution in [3.8, 4) is 5.75 Å². The van der Waals surface area contributed by atoms with Crippen LogP contribution in [-0.4, -0.2) is 49.5 Å². The maximum Gasteiger partial charge on any atom is 0.387 e. The van der Waals surface area contributed by atoms with E-state index in [2.05, 4.69) is 24.1 Å². The SMILES string of the molecule is CC1(c2nc(CC(=O)c3ccc(OC(F)F)cn3)ccc2F)CS2(=O)=NCCCCC2(C)C(N)=N1. The van der Waals surface area contributed by atoms with E-state index in [4.69, 9.17) is 5.73 Å². The van der Waals surface area contributed by atoms with E-state index in [1.54, 1.807) is 13.8 Å². The van der Waals surface area contributed by atoms with Crippen LogP contribution in [0.5, 0.6) is 5.75 Å². The molecule has 4 rings (SSSR count). The first-order valence-corrected chi connectivity index (χ1v) is 12.8. The van der Waals surface area contributed by atoms with Gasteiger partial charge in [-0.05, 0) is 57.4 Å². The predicted molar refractivity (Wildman–Crippen MR) is 125 cm³/mol. The fraction of sp³-hybridized carbons (Fsp3) is 0.478. The number of aliphatic imine (C=N–C) groups is 1. The highest BCUT2D eigenvalue weighted by Crippen LogP contribution is 2.41. The molecule has 2 aliphatic heterocycles. The number of pyridine rings is 2. The van der Waals surface area contributed by atoms with Gasteiger partial charge < -0.3 is 10.5 Å². The van der Waals surface area contributed by atoms with E-state index in [-0.39, 0.29) is 40.8 Å². The Labute approximate surface area is 201 Å². The van der Waals surface area contributed by atoms with E-state index in [0.717, 1.165) is 19.0 Å². The molecule has 0 aromatic carbocycles. The lowest BCUT2D eigenvalue weighted by atomic mass is 9.96. The van der Waals surface area contributed by atoms with E-state index >= 15 is 0 Å². The largest absolute Gasteiger partial charge is 0.433 e. The Morgan fingerprint density at radius 1 is 1.23 bits per heavy atom. The predicted octanol–water partition coefficient (Wildman–Crippen LogP) is 3.64. The summed E-state index contributed by atoms with van der Waals surface area (Å²) in [5.41, 5.74) is 5.19. The van der Waals surface area contributed by atoms with Crippen molar-refractivity contribution < 1.29 is 26.9 Å². The van der Waals surface area contributed by atoms with E-state index in [0.29, 0.717) is 13.0 Å². The third-order valence-electron chi connectivity index (χ3n) is 6.45. The smallest absolute Gasteiger partial charge is 0.387 e. The van der Waals surface area contributed by atoms with Gasteiger partial charge in [-0.15, -0.1) is 0 Å². The molecule has 35 heavy (non-hydrogen) atoms. The first-order chi connectivity index (χ1) is 16.5. The fourth-order valence-corrected chi connectivity index (χ4v) is 7.35. The van der Waals surface area contributed by atoms with Crippen LogP contribution in [0.25, 0.3) is 0 Å². The van der Waals surface area contributed by atoms with Crippen LogP contribution in [0.1, 0.15) is 55.0 Å². The van der Waals surface area contributed by atoms with E-state index in [9.17, 15) is 22.2 Å². The summed E-state index contributed by atoms with van der Waals surface area (Å²) >= 11 is 0. The molecule has 2 aromatic heterocycles. The minimum absolute atomic E-state index is 0.0152. The van der Waals surface area contributed by atoms with Crippen LogP contribution in [0.4, 0.5) is 13.2 Å². The van der Waals surface area contributed by atoms with Crippen molar-refractivity contribution in [3.63, 3.8) is 0 Å². The zero-order valence-electron chi connectivity index (χ0n) is 19.3. The molecular formula is C23H26F3N5O3S. The van der Waals surface area contributed by atoms with Crippen LogP contribution in [0.2, 0.25) is 0 Å². The Kier molecular flexibility index (Phi) is 6.60. The molecule has 2 aliphatic rings. The number of alkyl halides is 2. The lowest BCUT2D eigenvalue weighted by molar-refractivity contribution is -0.0500. The highest BCUT2D eigenvalue weighted by molar-refractivity contribution is 7.95. The number of nitrogens with two attached hydrogens (primary N) is 1. The van der Waals surface area contributed by atoms with Crippen molar-refractivity contribution in [1.29, 1.82) is 0 Å². The Hall–Kier alpha value is -3.02. The van der Waals surface area contributed by atoms with Crippen LogP contribution >= 0.6 is 0 Å². The first kappa shape index (κ1) is 25.1. The molecule has 0 bridgehead atoms. The highest BCUT2D eigenvalue weighted by atomic mass is 32.2. The van der Waals surface area contributed by atoms with Gasteiger partial charge in [0.15, 0.2) is 5.78 Å². The van der Waals surface area contributed by atoms with Gasteiger partial charge in [0.1, 0.15) is 39.1 Å². The normalized spacial score (nSPS) is 28.5. The second-order valence-corrected chi connectivity index (χ2v) is 11.8. The minimum Gasteiger partial charge on any atom is -0.433 e. The zero-order valence-corrected chi connectivity index (χ0v) is 20.2. The van der Waals surface area contributed by atoms with Gasteiger partial charge in [-0.1, -0.05) is 0 Å². The molecule has 2 N–H and O–H groups in total. The summed E-state index contributed by atoms with van der Waals surface area (Å²) < 4.78 is 61.4.